The fourth-order valence-electron chi connectivity index (χ4n) is 2.47. The van der Waals surface area contributed by atoms with E-state index in [1.165, 1.54) is 36.7 Å². The molecule has 0 atom stereocenters. The Morgan fingerprint density at radius 3 is 1.12 bits per heavy atom. The van der Waals surface area contributed by atoms with Gasteiger partial charge in [0, 0.05) is 41.9 Å². The van der Waals surface area contributed by atoms with Gasteiger partial charge in [-0.3, -0.25) is 0 Å². The summed E-state index contributed by atoms with van der Waals surface area (Å²) in [6.45, 7) is 1.69. The third-order valence-corrected chi connectivity index (χ3v) is 6.04. The molecule has 0 aliphatic rings. The molecule has 0 bridgehead atoms. The Hall–Kier alpha value is -0.500. The number of alkyl halides is 17. The van der Waals surface area contributed by atoms with E-state index in [1.54, 1.807) is 0 Å². The van der Waals surface area contributed by atoms with E-state index in [4.69, 9.17) is 0 Å². The zero-order chi connectivity index (χ0) is 28.0. The number of hydrogen-bond donors (Lipinski definition) is 0. The Bertz CT molecular complexity index is 683. The number of halogens is 18. The van der Waals surface area contributed by atoms with Crippen molar-refractivity contribution < 1.29 is 74.6 Å². The van der Waals surface area contributed by atoms with Crippen molar-refractivity contribution in [3.05, 3.63) is 0 Å². The van der Waals surface area contributed by atoms with Crippen LogP contribution in [0.2, 0.25) is 0 Å². The van der Waals surface area contributed by atoms with E-state index in [0.29, 0.717) is 0 Å². The maximum Gasteiger partial charge on any atom is 0.460 e. The molecular formula is C15H15F17IN. The van der Waals surface area contributed by atoms with Gasteiger partial charge in [-0.05, 0) is 12.8 Å². The molecule has 0 aromatic rings. The summed E-state index contributed by atoms with van der Waals surface area (Å²) in [5, 5.41) is 0. The maximum atomic E-state index is 13.8. The van der Waals surface area contributed by atoms with Crippen molar-refractivity contribution >= 4 is 22.9 Å². The van der Waals surface area contributed by atoms with Gasteiger partial charge in [-0.15, -0.1) is 0 Å². The quantitative estimate of drug-likeness (QED) is 0.116. The molecule has 0 aliphatic heterocycles. The molecule has 0 fully saturated rings. The predicted octanol–water partition coefficient (Wildman–Crippen LogP) is 8.23. The predicted molar refractivity (Wildman–Crippen MR) is 90.4 cm³/mol. The molecule has 0 rings (SSSR count). The van der Waals surface area contributed by atoms with Crippen molar-refractivity contribution in [2.24, 2.45) is 0 Å². The van der Waals surface area contributed by atoms with Gasteiger partial charge < -0.3 is 0 Å². The van der Waals surface area contributed by atoms with Crippen molar-refractivity contribution in [1.82, 2.24) is 3.11 Å². The second-order valence-electron chi connectivity index (χ2n) is 6.99. The molecule has 0 unspecified atom stereocenters. The van der Waals surface area contributed by atoms with E-state index >= 15 is 0 Å². The molecular weight excluding hydrogens is 644 g/mol. The van der Waals surface area contributed by atoms with Crippen molar-refractivity contribution in [3.63, 3.8) is 0 Å². The van der Waals surface area contributed by atoms with Crippen molar-refractivity contribution in [2.75, 3.05) is 6.54 Å². The van der Waals surface area contributed by atoms with E-state index in [-0.39, 0.29) is 12.8 Å². The average molecular weight is 659 g/mol. The molecule has 0 aromatic heterocycles. The van der Waals surface area contributed by atoms with Crippen LogP contribution in [-0.2, 0) is 0 Å². The summed E-state index contributed by atoms with van der Waals surface area (Å²) in [6.07, 6.45) is -9.82. The van der Waals surface area contributed by atoms with Gasteiger partial charge in [0.1, 0.15) is 0 Å². The highest BCUT2D eigenvalue weighted by molar-refractivity contribution is 14.1. The van der Waals surface area contributed by atoms with Crippen LogP contribution in [-0.4, -0.2) is 63.3 Å². The third kappa shape index (κ3) is 5.01. The van der Waals surface area contributed by atoms with Gasteiger partial charge in [-0.2, -0.15) is 74.6 Å². The molecule has 0 N–H and O–H groups in total. The molecule has 0 radical (unpaired) electrons. The first-order valence-corrected chi connectivity index (χ1v) is 9.76. The monoisotopic (exact) mass is 659 g/mol. The van der Waals surface area contributed by atoms with Crippen LogP contribution < -0.4 is 0 Å². The molecule has 0 heterocycles. The van der Waals surface area contributed by atoms with E-state index in [2.05, 4.69) is 0 Å². The van der Waals surface area contributed by atoms with Crippen LogP contribution in [0, 0.1) is 0 Å². The van der Waals surface area contributed by atoms with Gasteiger partial charge in [0.2, 0.25) is 0 Å². The summed E-state index contributed by atoms with van der Waals surface area (Å²) in [5.74, 6) is -55.9. The van der Waals surface area contributed by atoms with Gasteiger partial charge in [0.05, 0.1) is 0 Å². The summed E-state index contributed by atoms with van der Waals surface area (Å²) in [5.41, 5.74) is 0. The molecule has 0 saturated carbocycles. The second-order valence-corrected chi connectivity index (χ2v) is 8.23. The molecule has 0 aliphatic carbocycles. The van der Waals surface area contributed by atoms with Crippen LogP contribution in [0.4, 0.5) is 74.6 Å². The Morgan fingerprint density at radius 2 is 0.824 bits per heavy atom. The Morgan fingerprint density at radius 1 is 0.529 bits per heavy atom. The van der Waals surface area contributed by atoms with Gasteiger partial charge in [0.15, 0.2) is 0 Å². The van der Waals surface area contributed by atoms with Crippen molar-refractivity contribution in [3.8, 4) is 0 Å². The molecule has 19 heteroatoms. The largest absolute Gasteiger partial charge is 0.460 e. The third-order valence-electron chi connectivity index (χ3n) is 4.77. The lowest BCUT2D eigenvalue weighted by molar-refractivity contribution is -0.461. The fraction of sp³-hybridized carbons (Fsp3) is 1.00. The topological polar surface area (TPSA) is 3.24 Å². The Kier molecular flexibility index (Phi) is 9.61. The smallest absolute Gasteiger partial charge is 0.244 e. The summed E-state index contributed by atoms with van der Waals surface area (Å²) >= 11 is 1.26. The minimum atomic E-state index is -8.59. The highest BCUT2D eigenvalue weighted by atomic mass is 127. The molecule has 0 saturated heterocycles. The Balaban J connectivity index is 6.40. The van der Waals surface area contributed by atoms with E-state index in [1.807, 2.05) is 0 Å². The highest BCUT2D eigenvalue weighted by Gasteiger charge is 2.95. The van der Waals surface area contributed by atoms with E-state index < -0.39 is 66.6 Å². The molecule has 34 heavy (non-hydrogen) atoms. The summed E-state index contributed by atoms with van der Waals surface area (Å²) in [7, 11) is 0. The van der Waals surface area contributed by atoms with Gasteiger partial charge >= 0.3 is 47.6 Å². The van der Waals surface area contributed by atoms with E-state index in [0.717, 1.165) is 3.11 Å². The summed E-state index contributed by atoms with van der Waals surface area (Å²) in [4.78, 5) is 0. The van der Waals surface area contributed by atoms with Crippen LogP contribution >= 0.6 is 22.9 Å². The van der Waals surface area contributed by atoms with E-state index in [9.17, 15) is 74.6 Å². The lowest BCUT2D eigenvalue weighted by Gasteiger charge is -2.43. The van der Waals surface area contributed by atoms with Gasteiger partial charge in [0.25, 0.3) is 0 Å². The molecule has 0 amide bonds. The fourth-order valence-corrected chi connectivity index (χ4v) is 3.50. The molecule has 0 spiro atoms. The first-order chi connectivity index (χ1) is 14.7. The maximum absolute atomic E-state index is 13.8. The summed E-state index contributed by atoms with van der Waals surface area (Å²) in [6, 6.07) is -0.639. The van der Waals surface area contributed by atoms with Gasteiger partial charge in [-0.1, -0.05) is 13.8 Å². The van der Waals surface area contributed by atoms with Crippen LogP contribution in [0.1, 0.15) is 33.1 Å². The Labute approximate surface area is 194 Å². The zero-order valence-electron chi connectivity index (χ0n) is 16.7. The number of nitrogens with zero attached hydrogens (tertiary/aromatic N) is 1. The normalized spacial score (nSPS) is 16.1. The minimum Gasteiger partial charge on any atom is -0.244 e. The second kappa shape index (κ2) is 9.75. The number of hydrogen-bond acceptors (Lipinski definition) is 1. The first kappa shape index (κ1) is 33.5. The SMILES string of the molecule is CCC(CC)N(I)CCC(F)(F)C(F)(F)C(F)(F)C(F)(F)C(F)(F)C(F)(F)C(F)(F)C(F)(F)F. The van der Waals surface area contributed by atoms with Gasteiger partial charge in [-0.25, -0.2) is 3.11 Å². The zero-order valence-corrected chi connectivity index (χ0v) is 18.8. The first-order valence-electron chi connectivity index (χ1n) is 8.79. The standard InChI is InChI=1S/C15H15F17IN/c1-3-7(4-2)34(33)6-5-8(16,17)9(18,19)10(20,21)11(22,23)12(24,25)13(26,27)14(28,29)15(30,31)32/h7H,3-6H2,1-2H3. The lowest BCUT2D eigenvalue weighted by atomic mass is 9.88. The van der Waals surface area contributed by atoms with Crippen molar-refractivity contribution in [1.29, 1.82) is 0 Å². The molecule has 1 nitrogen and oxygen atoms in total. The molecule has 0 aromatic carbocycles. The van der Waals surface area contributed by atoms with Crippen LogP contribution in [0.3, 0.4) is 0 Å². The minimum absolute atomic E-state index is 0.185. The number of rotatable bonds is 12. The summed E-state index contributed by atoms with van der Waals surface area (Å²) < 4.78 is 225. The van der Waals surface area contributed by atoms with Crippen LogP contribution in [0.15, 0.2) is 0 Å². The average Bonchev–Trinajstić information content (AvgIpc) is 2.65. The van der Waals surface area contributed by atoms with Crippen LogP contribution in [0.5, 0.6) is 0 Å². The molecule has 206 valence electrons. The highest BCUT2D eigenvalue weighted by Crippen LogP contribution is 2.64. The lowest BCUT2D eigenvalue weighted by Crippen LogP contribution is -2.74. The van der Waals surface area contributed by atoms with Crippen LogP contribution in [0.25, 0.3) is 0 Å². The van der Waals surface area contributed by atoms with Crippen molar-refractivity contribution in [2.45, 2.75) is 86.8 Å².